The van der Waals surface area contributed by atoms with Crippen molar-refractivity contribution in [3.05, 3.63) is 170 Å². The van der Waals surface area contributed by atoms with E-state index < -0.39 is 0 Å². The van der Waals surface area contributed by atoms with Crippen molar-refractivity contribution in [2.75, 3.05) is 0 Å². The maximum Gasteiger partial charge on any atom is 0.434 e. The van der Waals surface area contributed by atoms with Crippen LogP contribution in [-0.2, 0) is 0 Å². The molecule has 0 aliphatic carbocycles. The zero-order valence-corrected chi connectivity index (χ0v) is 28.4. The summed E-state index contributed by atoms with van der Waals surface area (Å²) < 4.78 is 22.3. The monoisotopic (exact) mass is 677 g/mol. The third kappa shape index (κ3) is 4.13. The molecule has 8 aromatic carbocycles. The van der Waals surface area contributed by atoms with Gasteiger partial charge in [0.05, 0.1) is 11.0 Å². The van der Waals surface area contributed by atoms with E-state index in [0.29, 0.717) is 0 Å². The fraction of sp³-hybridized carbons (Fsp3) is 0. The van der Waals surface area contributed by atoms with Gasteiger partial charge < -0.3 is 18.4 Å². The Kier molecular flexibility index (Phi) is 5.83. The zero-order valence-electron chi connectivity index (χ0n) is 28.4. The lowest BCUT2D eigenvalue weighted by Crippen LogP contribution is -2.53. The van der Waals surface area contributed by atoms with E-state index in [1.54, 1.807) is 0 Å². The summed E-state index contributed by atoms with van der Waals surface area (Å²) in [5.41, 5.74) is 14.0. The lowest BCUT2D eigenvalue weighted by Gasteiger charge is -2.33. The van der Waals surface area contributed by atoms with E-state index in [2.05, 4.69) is 150 Å². The molecule has 0 saturated carbocycles. The van der Waals surface area contributed by atoms with Crippen LogP contribution in [0.4, 0.5) is 0 Å². The molecule has 5 heteroatoms. The highest BCUT2D eigenvalue weighted by Gasteiger charge is 2.41. The Bertz CT molecular complexity index is 3100. The zero-order chi connectivity index (χ0) is 34.6. The molecule has 4 nitrogen and oxygen atoms in total. The highest BCUT2D eigenvalue weighted by Crippen LogP contribution is 2.44. The second kappa shape index (κ2) is 10.8. The molecule has 4 heterocycles. The fourth-order valence-electron chi connectivity index (χ4n) is 8.74. The van der Waals surface area contributed by atoms with Crippen molar-refractivity contribution in [1.29, 1.82) is 0 Å². The summed E-state index contributed by atoms with van der Waals surface area (Å²) in [6.45, 7) is -0.321. The van der Waals surface area contributed by atoms with Crippen LogP contribution in [0.3, 0.4) is 0 Å². The molecule has 53 heavy (non-hydrogen) atoms. The Morgan fingerprint density at radius 3 is 2.00 bits per heavy atom. The Labute approximate surface area is 305 Å². The highest BCUT2D eigenvalue weighted by molar-refractivity contribution is 6.84. The summed E-state index contributed by atoms with van der Waals surface area (Å²) in [4.78, 5) is 0. The van der Waals surface area contributed by atoms with E-state index in [4.69, 9.17) is 13.8 Å². The van der Waals surface area contributed by atoms with Crippen molar-refractivity contribution in [3.63, 3.8) is 0 Å². The van der Waals surface area contributed by atoms with Crippen molar-refractivity contribution in [2.24, 2.45) is 0 Å². The van der Waals surface area contributed by atoms with Crippen molar-refractivity contribution < 1.29 is 13.8 Å². The number of benzene rings is 8. The van der Waals surface area contributed by atoms with Gasteiger partial charge in [0.15, 0.2) is 0 Å². The maximum absolute atomic E-state index is 7.07. The predicted octanol–water partition coefficient (Wildman–Crippen LogP) is 11.3. The van der Waals surface area contributed by atoms with E-state index in [0.717, 1.165) is 89.2 Å². The van der Waals surface area contributed by atoms with Gasteiger partial charge in [-0.15, -0.1) is 0 Å². The molecule has 0 radical (unpaired) electrons. The molecular formula is C48H28BNO3. The molecule has 2 aliphatic rings. The van der Waals surface area contributed by atoms with Gasteiger partial charge in [0, 0.05) is 43.7 Å². The molecule has 0 bridgehead atoms. The fourth-order valence-corrected chi connectivity index (χ4v) is 8.74. The number of hydrogen-bond acceptors (Lipinski definition) is 3. The molecular weight excluding hydrogens is 649 g/mol. The van der Waals surface area contributed by atoms with Crippen LogP contribution in [0.25, 0.3) is 82.8 Å². The summed E-state index contributed by atoms with van der Waals surface area (Å²) in [7, 11) is 0. The Morgan fingerprint density at radius 1 is 0.434 bits per heavy atom. The molecule has 2 aliphatic heterocycles. The van der Waals surface area contributed by atoms with Crippen molar-refractivity contribution >= 4 is 61.6 Å². The van der Waals surface area contributed by atoms with E-state index >= 15 is 0 Å². The topological polar surface area (TPSA) is 36.5 Å². The number of furan rings is 1. The van der Waals surface area contributed by atoms with E-state index in [1.165, 1.54) is 21.8 Å². The number of nitrogens with zero attached hydrogens (tertiary/aromatic N) is 1. The van der Waals surface area contributed by atoms with Gasteiger partial charge in [-0.2, -0.15) is 0 Å². The second-order valence-electron chi connectivity index (χ2n) is 14.0. The number of hydrogen-bond donors (Lipinski definition) is 0. The lowest BCUT2D eigenvalue weighted by molar-refractivity contribution is 0.479. The van der Waals surface area contributed by atoms with Gasteiger partial charge in [0.2, 0.25) is 0 Å². The van der Waals surface area contributed by atoms with Crippen LogP contribution >= 0.6 is 0 Å². The number of ether oxygens (including phenoxy) is 1. The summed E-state index contributed by atoms with van der Waals surface area (Å²) >= 11 is 0. The molecule has 0 fully saturated rings. The van der Waals surface area contributed by atoms with Crippen LogP contribution in [0.5, 0.6) is 17.2 Å². The minimum atomic E-state index is -0.321. The smallest absolute Gasteiger partial charge is 0.434 e. The van der Waals surface area contributed by atoms with Crippen LogP contribution in [0.1, 0.15) is 0 Å². The van der Waals surface area contributed by atoms with Crippen LogP contribution < -0.4 is 20.3 Å². The van der Waals surface area contributed by atoms with Crippen LogP contribution in [0.15, 0.2) is 174 Å². The molecule has 2 aromatic heterocycles. The Balaban J connectivity index is 0.980. The van der Waals surface area contributed by atoms with E-state index in [1.807, 2.05) is 24.3 Å². The summed E-state index contributed by atoms with van der Waals surface area (Å²) in [6.07, 6.45) is 0. The first-order valence-electron chi connectivity index (χ1n) is 18.0. The normalized spacial score (nSPS) is 12.8. The molecule has 0 saturated heterocycles. The molecule has 0 spiro atoms. The van der Waals surface area contributed by atoms with Gasteiger partial charge in [-0.25, -0.2) is 0 Å². The van der Waals surface area contributed by atoms with Gasteiger partial charge in [0.25, 0.3) is 0 Å². The van der Waals surface area contributed by atoms with E-state index in [-0.39, 0.29) is 6.92 Å². The van der Waals surface area contributed by atoms with Crippen LogP contribution in [-0.4, -0.2) is 11.5 Å². The van der Waals surface area contributed by atoms with Gasteiger partial charge in [-0.05, 0) is 82.4 Å². The minimum Gasteiger partial charge on any atom is -0.551 e. The molecule has 0 N–H and O–H groups in total. The highest BCUT2D eigenvalue weighted by atomic mass is 16.5. The SMILES string of the molecule is c1cc(-c2ccc3c(c2)B2Oc4cc(-c5cccc6oc7ccccc7c56)ccc4-c4cccc(c42)O3)cc(-n2c3ccccc3c3ccccc32)c1. The average molecular weight is 678 g/mol. The van der Waals surface area contributed by atoms with Crippen molar-refractivity contribution in [2.45, 2.75) is 0 Å². The van der Waals surface area contributed by atoms with Gasteiger partial charge in [-0.3, -0.25) is 0 Å². The largest absolute Gasteiger partial charge is 0.551 e. The number of aromatic nitrogens is 1. The van der Waals surface area contributed by atoms with Gasteiger partial charge in [0.1, 0.15) is 28.4 Å². The quantitative estimate of drug-likeness (QED) is 0.175. The van der Waals surface area contributed by atoms with Gasteiger partial charge >= 0.3 is 6.92 Å². The third-order valence-corrected chi connectivity index (χ3v) is 11.1. The molecule has 0 atom stereocenters. The first kappa shape index (κ1) is 28.7. The molecule has 0 amide bonds. The van der Waals surface area contributed by atoms with Crippen LogP contribution in [0, 0.1) is 0 Å². The third-order valence-electron chi connectivity index (χ3n) is 11.1. The lowest BCUT2D eigenvalue weighted by atomic mass is 9.50. The minimum absolute atomic E-state index is 0.321. The number of fused-ring (bicyclic) bond motifs is 10. The molecule has 12 rings (SSSR count). The number of para-hydroxylation sites is 3. The molecule has 10 aromatic rings. The summed E-state index contributed by atoms with van der Waals surface area (Å²) in [5.74, 6) is 2.51. The maximum atomic E-state index is 7.07. The van der Waals surface area contributed by atoms with Gasteiger partial charge in [-0.1, -0.05) is 115 Å². The Hall–Kier alpha value is -6.98. The first-order chi connectivity index (χ1) is 26.3. The van der Waals surface area contributed by atoms with Crippen molar-refractivity contribution in [1.82, 2.24) is 4.57 Å². The molecule has 246 valence electrons. The Morgan fingerprint density at radius 2 is 1.13 bits per heavy atom. The number of rotatable bonds is 3. The first-order valence-corrected chi connectivity index (χ1v) is 18.0. The predicted molar refractivity (Wildman–Crippen MR) is 217 cm³/mol. The summed E-state index contributed by atoms with van der Waals surface area (Å²) in [5, 5.41) is 4.73. The molecule has 0 unspecified atom stereocenters. The average Bonchev–Trinajstić information content (AvgIpc) is 3.77. The summed E-state index contributed by atoms with van der Waals surface area (Å²) in [6, 6.07) is 60.0. The van der Waals surface area contributed by atoms with Crippen LogP contribution in [0.2, 0.25) is 0 Å². The van der Waals surface area contributed by atoms with Crippen molar-refractivity contribution in [3.8, 4) is 56.3 Å². The second-order valence-corrected chi connectivity index (χ2v) is 14.0. The van der Waals surface area contributed by atoms with E-state index in [9.17, 15) is 0 Å². The standard InChI is InChI=1S/C48H28BNO3/c1-4-17-40-34(12-1)35-13-2-5-18-41(35)50(40)32-11-7-10-29(26-32)30-23-25-43-39(27-30)49-48-37(16-9-21-45(48)52-43)36-24-22-31(28-46(36)53-49)33-15-8-20-44-47(33)38-14-3-6-19-42(38)51-44/h1-28H.